The quantitative estimate of drug-likeness (QED) is 0.661. The van der Waals surface area contributed by atoms with E-state index in [1.165, 1.54) is 5.56 Å². The summed E-state index contributed by atoms with van der Waals surface area (Å²) in [4.78, 5) is 16.5. The van der Waals surface area contributed by atoms with Gasteiger partial charge in [0.15, 0.2) is 0 Å². The lowest BCUT2D eigenvalue weighted by atomic mass is 10.1. The minimum absolute atomic E-state index is 0.147. The van der Waals surface area contributed by atoms with E-state index in [1.807, 2.05) is 18.2 Å². The van der Waals surface area contributed by atoms with Gasteiger partial charge in [-0.05, 0) is 36.3 Å². The Balaban J connectivity index is 2.35. The first-order valence-electron chi connectivity index (χ1n) is 4.61. The van der Waals surface area contributed by atoms with E-state index in [9.17, 15) is 4.79 Å². The normalized spacial score (nSPS) is 10.9. The average molecular weight is 208 g/mol. The van der Waals surface area contributed by atoms with E-state index in [0.29, 0.717) is 0 Å². The molecule has 0 amide bonds. The monoisotopic (exact) mass is 208 g/mol. The summed E-state index contributed by atoms with van der Waals surface area (Å²) in [6.45, 7) is 0. The maximum Gasteiger partial charge on any atom is 0.323 e. The van der Waals surface area contributed by atoms with Crippen molar-refractivity contribution in [1.29, 1.82) is 0 Å². The zero-order valence-electron chi connectivity index (χ0n) is 7.71. The Morgan fingerprint density at radius 3 is 2.79 bits per heavy atom. The van der Waals surface area contributed by atoms with Gasteiger partial charge in [-0.15, -0.1) is 0 Å². The summed E-state index contributed by atoms with van der Waals surface area (Å²) in [5.41, 5.74) is 2.84. The summed E-state index contributed by atoms with van der Waals surface area (Å²) >= 11 is 4.16. The molecule has 0 aliphatic rings. The van der Waals surface area contributed by atoms with Crippen LogP contribution in [0, 0.1) is 0 Å². The van der Waals surface area contributed by atoms with E-state index >= 15 is 0 Å². The number of aromatic nitrogens is 2. The molecule has 0 saturated carbocycles. The van der Waals surface area contributed by atoms with E-state index < -0.39 is 0 Å². The second-order valence-electron chi connectivity index (χ2n) is 3.29. The van der Waals surface area contributed by atoms with Gasteiger partial charge in [-0.3, -0.25) is 0 Å². The smallest absolute Gasteiger partial charge is 0.306 e. The molecule has 0 bridgehead atoms. The largest absolute Gasteiger partial charge is 0.323 e. The summed E-state index contributed by atoms with van der Waals surface area (Å²) in [6, 6.07) is 5.98. The third kappa shape index (κ3) is 1.85. The van der Waals surface area contributed by atoms with Gasteiger partial charge < -0.3 is 9.97 Å². The van der Waals surface area contributed by atoms with Gasteiger partial charge in [0.25, 0.3) is 0 Å². The third-order valence-electron chi connectivity index (χ3n) is 2.20. The summed E-state index contributed by atoms with van der Waals surface area (Å²) < 4.78 is 0. The van der Waals surface area contributed by atoms with Crippen LogP contribution in [0.25, 0.3) is 11.0 Å². The Morgan fingerprint density at radius 2 is 2.00 bits per heavy atom. The zero-order chi connectivity index (χ0) is 9.97. The summed E-state index contributed by atoms with van der Waals surface area (Å²) in [5, 5.41) is 0. The predicted molar refractivity (Wildman–Crippen MR) is 61.1 cm³/mol. The fourth-order valence-corrected chi connectivity index (χ4v) is 1.68. The van der Waals surface area contributed by atoms with Gasteiger partial charge in [-0.2, -0.15) is 12.6 Å². The van der Waals surface area contributed by atoms with E-state index in [-0.39, 0.29) is 5.69 Å². The van der Waals surface area contributed by atoms with Crippen molar-refractivity contribution < 1.29 is 0 Å². The second-order valence-corrected chi connectivity index (χ2v) is 3.73. The molecule has 0 radical (unpaired) electrons. The first kappa shape index (κ1) is 9.40. The van der Waals surface area contributed by atoms with Crippen molar-refractivity contribution >= 4 is 23.7 Å². The molecule has 0 spiro atoms. The van der Waals surface area contributed by atoms with Crippen molar-refractivity contribution in [2.75, 3.05) is 5.75 Å². The lowest BCUT2D eigenvalue weighted by Gasteiger charge is -1.98. The maximum absolute atomic E-state index is 11.0. The van der Waals surface area contributed by atoms with Crippen molar-refractivity contribution in [2.24, 2.45) is 0 Å². The second kappa shape index (κ2) is 3.92. The van der Waals surface area contributed by atoms with Crippen molar-refractivity contribution in [2.45, 2.75) is 12.8 Å². The van der Waals surface area contributed by atoms with Gasteiger partial charge in [-0.1, -0.05) is 6.07 Å². The van der Waals surface area contributed by atoms with Crippen LogP contribution < -0.4 is 5.69 Å². The molecular weight excluding hydrogens is 196 g/mol. The molecule has 1 aromatic heterocycles. The van der Waals surface area contributed by atoms with Crippen molar-refractivity contribution in [3.63, 3.8) is 0 Å². The van der Waals surface area contributed by atoms with Crippen LogP contribution in [0.1, 0.15) is 12.0 Å². The van der Waals surface area contributed by atoms with E-state index in [2.05, 4.69) is 22.6 Å². The summed E-state index contributed by atoms with van der Waals surface area (Å²) in [5.74, 6) is 0.891. The van der Waals surface area contributed by atoms with Crippen molar-refractivity contribution in [1.82, 2.24) is 9.97 Å². The molecule has 0 saturated heterocycles. The summed E-state index contributed by atoms with van der Waals surface area (Å²) in [6.07, 6.45) is 2.07. The number of benzene rings is 1. The third-order valence-corrected chi connectivity index (χ3v) is 2.52. The SMILES string of the molecule is O=c1[nH]c2ccc(CCCS)cc2[nH]1. The Morgan fingerprint density at radius 1 is 1.21 bits per heavy atom. The highest BCUT2D eigenvalue weighted by molar-refractivity contribution is 7.80. The molecule has 0 atom stereocenters. The molecule has 0 fully saturated rings. The van der Waals surface area contributed by atoms with Crippen LogP contribution in [-0.2, 0) is 6.42 Å². The van der Waals surface area contributed by atoms with Crippen molar-refractivity contribution in [3.05, 3.63) is 34.2 Å². The molecule has 2 rings (SSSR count). The Bertz CT molecular complexity index is 486. The van der Waals surface area contributed by atoms with E-state index in [1.54, 1.807) is 0 Å². The summed E-state index contributed by atoms with van der Waals surface area (Å²) in [7, 11) is 0. The molecule has 1 heterocycles. The fourth-order valence-electron chi connectivity index (χ4n) is 1.52. The van der Waals surface area contributed by atoms with Gasteiger partial charge in [0.1, 0.15) is 0 Å². The Hall–Kier alpha value is -1.16. The van der Waals surface area contributed by atoms with Crippen LogP contribution >= 0.6 is 12.6 Å². The average Bonchev–Trinajstić information content (AvgIpc) is 2.54. The Kier molecular flexibility index (Phi) is 2.63. The number of imidazole rings is 1. The molecular formula is C10H12N2OS. The van der Waals surface area contributed by atoms with Gasteiger partial charge in [-0.25, -0.2) is 4.79 Å². The number of nitrogens with one attached hydrogen (secondary N) is 2. The standard InChI is InChI=1S/C10H12N2OS/c13-10-11-8-4-3-7(2-1-5-14)6-9(8)12-10/h3-4,6,14H,1-2,5H2,(H2,11,12,13). The molecule has 14 heavy (non-hydrogen) atoms. The number of aryl methyl sites for hydroxylation is 1. The number of hydrogen-bond acceptors (Lipinski definition) is 2. The molecule has 2 N–H and O–H groups in total. The number of aromatic amines is 2. The molecule has 1 aromatic carbocycles. The number of rotatable bonds is 3. The maximum atomic E-state index is 11.0. The first-order chi connectivity index (χ1) is 6.79. The first-order valence-corrected chi connectivity index (χ1v) is 5.24. The van der Waals surface area contributed by atoms with Gasteiger partial charge in [0.05, 0.1) is 11.0 Å². The highest BCUT2D eigenvalue weighted by atomic mass is 32.1. The van der Waals surface area contributed by atoms with Crippen LogP contribution in [0.4, 0.5) is 0 Å². The lowest BCUT2D eigenvalue weighted by Crippen LogP contribution is -1.99. The highest BCUT2D eigenvalue weighted by Crippen LogP contribution is 2.11. The molecule has 0 aliphatic heterocycles. The highest BCUT2D eigenvalue weighted by Gasteiger charge is 1.99. The van der Waals surface area contributed by atoms with E-state index in [0.717, 1.165) is 29.6 Å². The lowest BCUT2D eigenvalue weighted by molar-refractivity contribution is 0.938. The number of thiol groups is 1. The topological polar surface area (TPSA) is 48.6 Å². The van der Waals surface area contributed by atoms with E-state index in [4.69, 9.17) is 0 Å². The van der Waals surface area contributed by atoms with Gasteiger partial charge in [0, 0.05) is 0 Å². The minimum atomic E-state index is -0.147. The molecule has 74 valence electrons. The molecule has 4 heteroatoms. The van der Waals surface area contributed by atoms with Crippen molar-refractivity contribution in [3.8, 4) is 0 Å². The van der Waals surface area contributed by atoms with Gasteiger partial charge >= 0.3 is 5.69 Å². The van der Waals surface area contributed by atoms with Crippen LogP contribution in [0.2, 0.25) is 0 Å². The van der Waals surface area contributed by atoms with Crippen LogP contribution in [0.15, 0.2) is 23.0 Å². The van der Waals surface area contributed by atoms with Crippen LogP contribution in [0.5, 0.6) is 0 Å². The van der Waals surface area contributed by atoms with Crippen LogP contribution in [0.3, 0.4) is 0 Å². The Labute approximate surface area is 87.0 Å². The number of fused-ring (bicyclic) bond motifs is 1. The molecule has 3 nitrogen and oxygen atoms in total. The van der Waals surface area contributed by atoms with Crippen LogP contribution in [-0.4, -0.2) is 15.7 Å². The fraction of sp³-hybridized carbons (Fsp3) is 0.300. The zero-order valence-corrected chi connectivity index (χ0v) is 8.60. The minimum Gasteiger partial charge on any atom is -0.306 e. The van der Waals surface area contributed by atoms with Gasteiger partial charge in [0.2, 0.25) is 0 Å². The predicted octanol–water partition coefficient (Wildman–Crippen LogP) is 1.72. The number of H-pyrrole nitrogens is 2. The molecule has 0 unspecified atom stereocenters. The molecule has 0 aliphatic carbocycles. The number of hydrogen-bond donors (Lipinski definition) is 3. The molecule has 2 aromatic rings.